The standard InChI is InChI=1S/C16H15F3N2O3/c1-10(12-4-2-11(7-20)3-5-12)24-15(23)13-6-14(22)21(8-13)9-16(17,18)19/h2-5,10,13H,6,8-9H2,1H3/t10-,13+/m0/s1. The number of halogens is 3. The molecule has 2 atom stereocenters. The fourth-order valence-corrected chi connectivity index (χ4v) is 2.47. The third-order valence-electron chi connectivity index (χ3n) is 3.72. The van der Waals surface area contributed by atoms with Crippen molar-refractivity contribution in [1.29, 1.82) is 5.26 Å². The zero-order valence-electron chi connectivity index (χ0n) is 12.8. The maximum Gasteiger partial charge on any atom is 0.406 e. The number of amides is 1. The molecule has 1 amide bonds. The molecule has 8 heteroatoms. The Morgan fingerprint density at radius 3 is 2.58 bits per heavy atom. The van der Waals surface area contributed by atoms with Crippen LogP contribution in [0.1, 0.15) is 30.6 Å². The quantitative estimate of drug-likeness (QED) is 0.790. The van der Waals surface area contributed by atoms with Gasteiger partial charge < -0.3 is 9.64 Å². The molecule has 0 saturated carbocycles. The molecule has 0 radical (unpaired) electrons. The highest BCUT2D eigenvalue weighted by Crippen LogP contribution is 2.26. The van der Waals surface area contributed by atoms with E-state index in [1.807, 2.05) is 6.07 Å². The zero-order valence-corrected chi connectivity index (χ0v) is 12.8. The van der Waals surface area contributed by atoms with Gasteiger partial charge in [-0.1, -0.05) is 12.1 Å². The number of ether oxygens (including phenoxy) is 1. The molecule has 128 valence electrons. The fourth-order valence-electron chi connectivity index (χ4n) is 2.47. The molecule has 1 fully saturated rings. The van der Waals surface area contributed by atoms with Crippen molar-refractivity contribution in [3.05, 3.63) is 35.4 Å². The monoisotopic (exact) mass is 340 g/mol. The van der Waals surface area contributed by atoms with Gasteiger partial charge in [0, 0.05) is 13.0 Å². The van der Waals surface area contributed by atoms with Gasteiger partial charge in [-0.05, 0) is 24.6 Å². The van der Waals surface area contributed by atoms with E-state index >= 15 is 0 Å². The van der Waals surface area contributed by atoms with Gasteiger partial charge in [-0.25, -0.2) is 0 Å². The molecular formula is C16H15F3N2O3. The smallest absolute Gasteiger partial charge is 0.406 e. The van der Waals surface area contributed by atoms with Crippen molar-refractivity contribution >= 4 is 11.9 Å². The van der Waals surface area contributed by atoms with Crippen LogP contribution in [0.5, 0.6) is 0 Å². The van der Waals surface area contributed by atoms with E-state index in [2.05, 4.69) is 0 Å². The second kappa shape index (κ2) is 6.91. The minimum atomic E-state index is -4.50. The van der Waals surface area contributed by atoms with Crippen LogP contribution in [-0.4, -0.2) is 36.0 Å². The van der Waals surface area contributed by atoms with E-state index in [0.29, 0.717) is 16.0 Å². The second-order valence-electron chi connectivity index (χ2n) is 5.60. The molecule has 0 spiro atoms. The number of likely N-dealkylation sites (tertiary alicyclic amines) is 1. The van der Waals surface area contributed by atoms with Gasteiger partial charge in [-0.15, -0.1) is 0 Å². The highest BCUT2D eigenvalue weighted by molar-refractivity contribution is 5.86. The van der Waals surface area contributed by atoms with Crippen LogP contribution in [0.3, 0.4) is 0 Å². The lowest BCUT2D eigenvalue weighted by Gasteiger charge is -2.19. The summed E-state index contributed by atoms with van der Waals surface area (Å²) < 4.78 is 42.3. The maximum absolute atomic E-state index is 12.4. The van der Waals surface area contributed by atoms with E-state index < -0.39 is 36.6 Å². The first-order chi connectivity index (χ1) is 11.2. The highest BCUT2D eigenvalue weighted by atomic mass is 19.4. The van der Waals surface area contributed by atoms with E-state index in [4.69, 9.17) is 10.00 Å². The van der Waals surface area contributed by atoms with E-state index in [1.165, 1.54) is 0 Å². The first-order valence-corrected chi connectivity index (χ1v) is 7.24. The molecule has 0 bridgehead atoms. The number of rotatable bonds is 4. The first kappa shape index (κ1) is 17.8. The summed E-state index contributed by atoms with van der Waals surface area (Å²) in [6, 6.07) is 8.37. The van der Waals surface area contributed by atoms with Gasteiger partial charge in [0.2, 0.25) is 5.91 Å². The predicted molar refractivity (Wildman–Crippen MR) is 76.4 cm³/mol. The lowest BCUT2D eigenvalue weighted by Crippen LogP contribution is -2.35. The minimum absolute atomic E-state index is 0.283. The average Bonchev–Trinajstić information content (AvgIpc) is 2.86. The van der Waals surface area contributed by atoms with Crippen LogP contribution >= 0.6 is 0 Å². The summed E-state index contributed by atoms with van der Waals surface area (Å²) in [7, 11) is 0. The summed E-state index contributed by atoms with van der Waals surface area (Å²) in [6.45, 7) is -0.0401. The van der Waals surface area contributed by atoms with Gasteiger partial charge in [0.15, 0.2) is 0 Å². The van der Waals surface area contributed by atoms with Gasteiger partial charge in [-0.3, -0.25) is 9.59 Å². The molecule has 1 heterocycles. The lowest BCUT2D eigenvalue weighted by atomic mass is 10.1. The van der Waals surface area contributed by atoms with E-state index in [9.17, 15) is 22.8 Å². The van der Waals surface area contributed by atoms with Crippen LogP contribution in [0.15, 0.2) is 24.3 Å². The van der Waals surface area contributed by atoms with Gasteiger partial charge in [0.05, 0.1) is 17.6 Å². The van der Waals surface area contributed by atoms with Crippen LogP contribution < -0.4 is 0 Å². The lowest BCUT2D eigenvalue weighted by molar-refractivity contribution is -0.158. The minimum Gasteiger partial charge on any atom is -0.458 e. The molecule has 1 aromatic carbocycles. The Morgan fingerprint density at radius 1 is 1.42 bits per heavy atom. The van der Waals surface area contributed by atoms with Crippen molar-refractivity contribution in [2.45, 2.75) is 25.6 Å². The van der Waals surface area contributed by atoms with Gasteiger partial charge >= 0.3 is 12.1 Å². The number of carbonyl (C=O) groups is 2. The molecule has 5 nitrogen and oxygen atoms in total. The Balaban J connectivity index is 1.95. The SMILES string of the molecule is C[C@H](OC(=O)[C@@H]1CC(=O)N(CC(F)(F)F)C1)c1ccc(C#N)cc1. The first-order valence-electron chi connectivity index (χ1n) is 7.24. The Hall–Kier alpha value is -2.56. The average molecular weight is 340 g/mol. The van der Waals surface area contributed by atoms with Gasteiger partial charge in [0.1, 0.15) is 12.6 Å². The summed E-state index contributed by atoms with van der Waals surface area (Å²) in [5.74, 6) is -2.31. The van der Waals surface area contributed by atoms with Gasteiger partial charge in [-0.2, -0.15) is 18.4 Å². The summed E-state index contributed by atoms with van der Waals surface area (Å²) in [4.78, 5) is 24.3. The second-order valence-corrected chi connectivity index (χ2v) is 5.60. The van der Waals surface area contributed by atoms with Crippen molar-refractivity contribution in [2.24, 2.45) is 5.92 Å². The number of nitrogens with zero attached hydrogens (tertiary/aromatic N) is 2. The third-order valence-corrected chi connectivity index (χ3v) is 3.72. The normalized spacial score (nSPS) is 19.0. The molecule has 0 aliphatic carbocycles. The summed E-state index contributed by atoms with van der Waals surface area (Å²) in [6.07, 6.45) is -5.41. The molecule has 2 rings (SSSR count). The topological polar surface area (TPSA) is 70.4 Å². The molecule has 1 aliphatic rings. The van der Waals surface area contributed by atoms with E-state index in [1.54, 1.807) is 31.2 Å². The van der Waals surface area contributed by atoms with Crippen molar-refractivity contribution in [2.75, 3.05) is 13.1 Å². The molecule has 0 aromatic heterocycles. The Labute approximate surface area is 136 Å². The van der Waals surface area contributed by atoms with Crippen LogP contribution in [0.4, 0.5) is 13.2 Å². The fraction of sp³-hybridized carbons (Fsp3) is 0.438. The number of carbonyl (C=O) groups excluding carboxylic acids is 2. The molecule has 1 saturated heterocycles. The number of hydrogen-bond acceptors (Lipinski definition) is 4. The summed E-state index contributed by atoms with van der Waals surface area (Å²) >= 11 is 0. The zero-order chi connectivity index (χ0) is 17.9. The van der Waals surface area contributed by atoms with Crippen LogP contribution in [0.25, 0.3) is 0 Å². The van der Waals surface area contributed by atoms with Crippen LogP contribution in [0, 0.1) is 17.2 Å². The summed E-state index contributed by atoms with van der Waals surface area (Å²) in [5, 5.41) is 8.73. The van der Waals surface area contributed by atoms with Crippen molar-refractivity contribution < 1.29 is 27.5 Å². The molecule has 0 N–H and O–H groups in total. The van der Waals surface area contributed by atoms with E-state index in [-0.39, 0.29) is 13.0 Å². The summed E-state index contributed by atoms with van der Waals surface area (Å²) in [5.41, 5.74) is 1.11. The Morgan fingerprint density at radius 2 is 2.04 bits per heavy atom. The maximum atomic E-state index is 12.4. The van der Waals surface area contributed by atoms with Gasteiger partial charge in [0.25, 0.3) is 0 Å². The number of benzene rings is 1. The van der Waals surface area contributed by atoms with Crippen molar-refractivity contribution in [1.82, 2.24) is 4.90 Å². The number of nitriles is 1. The van der Waals surface area contributed by atoms with Crippen LogP contribution in [-0.2, 0) is 14.3 Å². The number of hydrogen-bond donors (Lipinski definition) is 0. The number of esters is 1. The van der Waals surface area contributed by atoms with Crippen molar-refractivity contribution in [3.63, 3.8) is 0 Å². The van der Waals surface area contributed by atoms with E-state index in [0.717, 1.165) is 0 Å². The van der Waals surface area contributed by atoms with Crippen LogP contribution in [0.2, 0.25) is 0 Å². The largest absolute Gasteiger partial charge is 0.458 e. The predicted octanol–water partition coefficient (Wildman–Crippen LogP) is 2.57. The Kier molecular flexibility index (Phi) is 5.12. The van der Waals surface area contributed by atoms with Crippen molar-refractivity contribution in [3.8, 4) is 6.07 Å². The molecule has 1 aliphatic heterocycles. The Bertz CT molecular complexity index is 665. The molecule has 1 aromatic rings. The molecule has 24 heavy (non-hydrogen) atoms. The number of alkyl halides is 3. The third kappa shape index (κ3) is 4.47. The molecule has 0 unspecified atom stereocenters. The highest BCUT2D eigenvalue weighted by Gasteiger charge is 2.41. The molecular weight excluding hydrogens is 325 g/mol.